The molecule has 18 heavy (non-hydrogen) atoms. The first-order valence-corrected chi connectivity index (χ1v) is 7.09. The SMILES string of the molecule is CC(C)COCCNC(=O)C1(N)CCCC(C)C1. The standard InChI is InChI=1S/C14H28N2O2/c1-11(2)10-18-8-7-16-13(17)14(15)6-4-5-12(3)9-14/h11-12H,4-10,15H2,1-3H3,(H,16,17). The average Bonchev–Trinajstić information content (AvgIpc) is 2.27. The maximum Gasteiger partial charge on any atom is 0.240 e. The molecule has 0 bridgehead atoms. The van der Waals surface area contributed by atoms with Gasteiger partial charge in [-0.25, -0.2) is 0 Å². The van der Waals surface area contributed by atoms with Gasteiger partial charge < -0.3 is 15.8 Å². The van der Waals surface area contributed by atoms with Crippen molar-refractivity contribution in [2.24, 2.45) is 17.6 Å². The van der Waals surface area contributed by atoms with Gasteiger partial charge in [-0.3, -0.25) is 4.79 Å². The summed E-state index contributed by atoms with van der Waals surface area (Å²) in [6.07, 6.45) is 3.83. The second-order valence-electron chi connectivity index (χ2n) is 6.08. The van der Waals surface area contributed by atoms with E-state index in [0.29, 0.717) is 25.0 Å². The molecule has 106 valence electrons. The van der Waals surface area contributed by atoms with E-state index in [9.17, 15) is 4.79 Å². The van der Waals surface area contributed by atoms with Crippen molar-refractivity contribution in [2.45, 2.75) is 52.0 Å². The largest absolute Gasteiger partial charge is 0.379 e. The molecule has 2 atom stereocenters. The minimum Gasteiger partial charge on any atom is -0.379 e. The number of ether oxygens (including phenoxy) is 1. The molecule has 1 amide bonds. The van der Waals surface area contributed by atoms with E-state index in [-0.39, 0.29) is 5.91 Å². The number of nitrogens with one attached hydrogen (secondary N) is 1. The maximum absolute atomic E-state index is 12.1. The zero-order valence-corrected chi connectivity index (χ0v) is 12.0. The van der Waals surface area contributed by atoms with Crippen LogP contribution in [0.1, 0.15) is 46.5 Å². The van der Waals surface area contributed by atoms with Crippen molar-refractivity contribution in [3.8, 4) is 0 Å². The third kappa shape index (κ3) is 4.94. The normalized spacial score (nSPS) is 28.4. The summed E-state index contributed by atoms with van der Waals surface area (Å²) in [6.45, 7) is 8.24. The summed E-state index contributed by atoms with van der Waals surface area (Å²) < 4.78 is 5.43. The molecule has 0 heterocycles. The molecule has 1 fully saturated rings. The first-order valence-electron chi connectivity index (χ1n) is 7.09. The lowest BCUT2D eigenvalue weighted by Crippen LogP contribution is -2.56. The number of hydrogen-bond donors (Lipinski definition) is 2. The van der Waals surface area contributed by atoms with Crippen LogP contribution in [0.4, 0.5) is 0 Å². The van der Waals surface area contributed by atoms with Crippen LogP contribution in [0.5, 0.6) is 0 Å². The van der Waals surface area contributed by atoms with Crippen LogP contribution in [-0.4, -0.2) is 31.2 Å². The van der Waals surface area contributed by atoms with E-state index >= 15 is 0 Å². The Hall–Kier alpha value is -0.610. The van der Waals surface area contributed by atoms with Gasteiger partial charge in [0.25, 0.3) is 0 Å². The van der Waals surface area contributed by atoms with E-state index in [1.165, 1.54) is 6.42 Å². The number of amides is 1. The molecule has 1 aliphatic rings. The van der Waals surface area contributed by atoms with Gasteiger partial charge in [0, 0.05) is 13.2 Å². The molecule has 0 aromatic rings. The minimum absolute atomic E-state index is 0.0119. The maximum atomic E-state index is 12.1. The lowest BCUT2D eigenvalue weighted by molar-refractivity contribution is -0.128. The van der Waals surface area contributed by atoms with E-state index in [2.05, 4.69) is 26.1 Å². The fourth-order valence-corrected chi connectivity index (χ4v) is 2.53. The molecule has 0 spiro atoms. The molecular weight excluding hydrogens is 228 g/mol. The molecule has 0 aliphatic heterocycles. The van der Waals surface area contributed by atoms with E-state index in [0.717, 1.165) is 25.9 Å². The Morgan fingerprint density at radius 1 is 1.56 bits per heavy atom. The highest BCUT2D eigenvalue weighted by atomic mass is 16.5. The zero-order chi connectivity index (χ0) is 13.6. The van der Waals surface area contributed by atoms with E-state index < -0.39 is 5.54 Å². The van der Waals surface area contributed by atoms with E-state index in [4.69, 9.17) is 10.5 Å². The van der Waals surface area contributed by atoms with Crippen LogP contribution in [0.25, 0.3) is 0 Å². The van der Waals surface area contributed by atoms with Gasteiger partial charge in [-0.15, -0.1) is 0 Å². The highest BCUT2D eigenvalue weighted by Gasteiger charge is 2.37. The van der Waals surface area contributed by atoms with Gasteiger partial charge in [0.2, 0.25) is 5.91 Å². The molecule has 0 radical (unpaired) electrons. The number of nitrogens with two attached hydrogens (primary N) is 1. The fraction of sp³-hybridized carbons (Fsp3) is 0.929. The monoisotopic (exact) mass is 256 g/mol. The highest BCUT2D eigenvalue weighted by molar-refractivity contribution is 5.86. The van der Waals surface area contributed by atoms with Crippen LogP contribution in [0, 0.1) is 11.8 Å². The summed E-state index contributed by atoms with van der Waals surface area (Å²) in [7, 11) is 0. The Labute approximate surface area is 111 Å². The van der Waals surface area contributed by atoms with Gasteiger partial charge >= 0.3 is 0 Å². The zero-order valence-electron chi connectivity index (χ0n) is 12.0. The lowest BCUT2D eigenvalue weighted by Gasteiger charge is -2.35. The minimum atomic E-state index is -0.657. The number of carbonyl (C=O) groups is 1. The van der Waals surface area contributed by atoms with Crippen LogP contribution in [0.15, 0.2) is 0 Å². The molecule has 0 aromatic carbocycles. The quantitative estimate of drug-likeness (QED) is 0.711. The van der Waals surface area contributed by atoms with E-state index in [1.807, 2.05) is 0 Å². The molecule has 3 N–H and O–H groups in total. The molecule has 1 aliphatic carbocycles. The van der Waals surface area contributed by atoms with Crippen molar-refractivity contribution in [1.29, 1.82) is 0 Å². The van der Waals surface area contributed by atoms with Gasteiger partial charge in [0.1, 0.15) is 0 Å². The van der Waals surface area contributed by atoms with Crippen molar-refractivity contribution in [3.05, 3.63) is 0 Å². The van der Waals surface area contributed by atoms with Crippen LogP contribution < -0.4 is 11.1 Å². The predicted octanol–water partition coefficient (Wildman–Crippen LogP) is 1.68. The van der Waals surface area contributed by atoms with Crippen LogP contribution in [0.2, 0.25) is 0 Å². The summed E-state index contributed by atoms with van der Waals surface area (Å²) in [5.74, 6) is 1.06. The van der Waals surface area contributed by atoms with Crippen molar-refractivity contribution < 1.29 is 9.53 Å². The van der Waals surface area contributed by atoms with Gasteiger partial charge in [0.15, 0.2) is 0 Å². The summed E-state index contributed by atoms with van der Waals surface area (Å²) >= 11 is 0. The fourth-order valence-electron chi connectivity index (χ4n) is 2.53. The number of hydrogen-bond acceptors (Lipinski definition) is 3. The Morgan fingerprint density at radius 2 is 2.28 bits per heavy atom. The summed E-state index contributed by atoms with van der Waals surface area (Å²) in [5.41, 5.74) is 5.55. The van der Waals surface area contributed by atoms with Crippen molar-refractivity contribution in [1.82, 2.24) is 5.32 Å². The molecule has 2 unspecified atom stereocenters. The van der Waals surface area contributed by atoms with Crippen molar-refractivity contribution >= 4 is 5.91 Å². The lowest BCUT2D eigenvalue weighted by atomic mass is 9.76. The summed E-state index contributed by atoms with van der Waals surface area (Å²) in [5, 5.41) is 2.90. The topological polar surface area (TPSA) is 64.3 Å². The highest BCUT2D eigenvalue weighted by Crippen LogP contribution is 2.30. The van der Waals surface area contributed by atoms with Gasteiger partial charge in [-0.2, -0.15) is 0 Å². The summed E-state index contributed by atoms with van der Waals surface area (Å²) in [6, 6.07) is 0. The molecular formula is C14H28N2O2. The molecule has 4 heteroatoms. The molecule has 4 nitrogen and oxygen atoms in total. The molecule has 0 aromatic heterocycles. The second kappa shape index (κ2) is 7.10. The Kier molecular flexibility index (Phi) is 6.09. The smallest absolute Gasteiger partial charge is 0.240 e. The van der Waals surface area contributed by atoms with E-state index in [1.54, 1.807) is 0 Å². The molecule has 1 rings (SSSR count). The van der Waals surface area contributed by atoms with Gasteiger partial charge in [-0.1, -0.05) is 33.6 Å². The third-order valence-electron chi connectivity index (χ3n) is 3.47. The molecule has 0 saturated heterocycles. The van der Waals surface area contributed by atoms with Crippen molar-refractivity contribution in [3.63, 3.8) is 0 Å². The second-order valence-corrected chi connectivity index (χ2v) is 6.08. The number of carbonyl (C=O) groups excluding carboxylic acids is 1. The summed E-state index contributed by atoms with van der Waals surface area (Å²) in [4.78, 5) is 12.1. The van der Waals surface area contributed by atoms with Crippen molar-refractivity contribution in [2.75, 3.05) is 19.8 Å². The van der Waals surface area contributed by atoms with Gasteiger partial charge in [0.05, 0.1) is 12.1 Å². The predicted molar refractivity (Wildman–Crippen MR) is 73.2 cm³/mol. The van der Waals surface area contributed by atoms with Crippen LogP contribution >= 0.6 is 0 Å². The Morgan fingerprint density at radius 3 is 2.89 bits per heavy atom. The first kappa shape index (κ1) is 15.4. The van der Waals surface area contributed by atoms with Crippen LogP contribution in [-0.2, 0) is 9.53 Å². The Balaban J connectivity index is 2.23. The Bertz CT molecular complexity index is 269. The number of rotatable bonds is 6. The third-order valence-corrected chi connectivity index (χ3v) is 3.47. The molecule has 1 saturated carbocycles. The average molecular weight is 256 g/mol. The van der Waals surface area contributed by atoms with Crippen LogP contribution in [0.3, 0.4) is 0 Å². The first-order chi connectivity index (χ1) is 8.44. The van der Waals surface area contributed by atoms with Gasteiger partial charge in [-0.05, 0) is 24.7 Å².